The van der Waals surface area contributed by atoms with E-state index in [0.29, 0.717) is 12.7 Å². The Morgan fingerprint density at radius 1 is 1.00 bits per heavy atom. The highest BCUT2D eigenvalue weighted by atomic mass is 35.8. The molecule has 0 aliphatic heterocycles. The standard InChI is InChI=1S/C11H21Cl3OSi2/c1-16(2,3)10-7-5-4-6-8-15-9-11-17(12,13)14/h4-6,8-9,11H2,1-3H3. The smallest absolute Gasteiger partial charge is 0.343 e. The number of rotatable bonds is 7. The Morgan fingerprint density at radius 3 is 2.18 bits per heavy atom. The minimum Gasteiger partial charge on any atom is -0.382 e. The van der Waals surface area contributed by atoms with Crippen LogP contribution in [0.2, 0.25) is 25.7 Å². The molecule has 0 fully saturated rings. The van der Waals surface area contributed by atoms with Crippen molar-refractivity contribution < 1.29 is 4.74 Å². The molecule has 0 heterocycles. The highest BCUT2D eigenvalue weighted by Gasteiger charge is 2.23. The van der Waals surface area contributed by atoms with Crippen LogP contribution in [0.25, 0.3) is 0 Å². The molecule has 0 unspecified atom stereocenters. The minimum absolute atomic E-state index is 0.559. The summed E-state index contributed by atoms with van der Waals surface area (Å²) in [6.45, 7) is 8.06. The number of hydrogen-bond donors (Lipinski definition) is 0. The quantitative estimate of drug-likeness (QED) is 0.284. The minimum atomic E-state index is -2.49. The van der Waals surface area contributed by atoms with Gasteiger partial charge in [0.05, 0.1) is 0 Å². The lowest BCUT2D eigenvalue weighted by Gasteiger charge is -2.07. The van der Waals surface area contributed by atoms with Gasteiger partial charge < -0.3 is 4.74 Å². The summed E-state index contributed by atoms with van der Waals surface area (Å²) in [6, 6.07) is -1.91. The van der Waals surface area contributed by atoms with Crippen molar-refractivity contribution in [2.75, 3.05) is 13.2 Å². The van der Waals surface area contributed by atoms with E-state index in [-0.39, 0.29) is 0 Å². The van der Waals surface area contributed by atoms with Crippen LogP contribution in [0.3, 0.4) is 0 Å². The zero-order valence-electron chi connectivity index (χ0n) is 10.8. The van der Waals surface area contributed by atoms with Gasteiger partial charge in [-0.05, 0) is 12.8 Å². The molecule has 6 heteroatoms. The van der Waals surface area contributed by atoms with Gasteiger partial charge in [0.1, 0.15) is 8.07 Å². The van der Waals surface area contributed by atoms with Gasteiger partial charge in [-0.3, -0.25) is 0 Å². The summed E-state index contributed by atoms with van der Waals surface area (Å²) >= 11 is 17.2. The van der Waals surface area contributed by atoms with E-state index in [0.717, 1.165) is 25.9 Å². The van der Waals surface area contributed by atoms with Gasteiger partial charge in [-0.15, -0.1) is 44.7 Å². The van der Waals surface area contributed by atoms with Crippen LogP contribution in [0.4, 0.5) is 0 Å². The summed E-state index contributed by atoms with van der Waals surface area (Å²) in [6.07, 6.45) is 3.08. The monoisotopic (exact) mass is 330 g/mol. The molecule has 0 radical (unpaired) electrons. The van der Waals surface area contributed by atoms with Crippen LogP contribution in [-0.2, 0) is 4.74 Å². The Bertz CT molecular complexity index is 261. The number of ether oxygens (including phenoxy) is 1. The lowest BCUT2D eigenvalue weighted by molar-refractivity contribution is 0.143. The topological polar surface area (TPSA) is 9.23 Å². The fourth-order valence-corrected chi connectivity index (χ4v) is 2.76. The summed E-state index contributed by atoms with van der Waals surface area (Å²) in [5.74, 6) is 3.24. The molecular weight excluding hydrogens is 311 g/mol. The average Bonchev–Trinajstić information content (AvgIpc) is 2.11. The van der Waals surface area contributed by atoms with E-state index in [1.165, 1.54) is 0 Å². The third-order valence-electron chi connectivity index (χ3n) is 1.83. The molecule has 0 aliphatic carbocycles. The van der Waals surface area contributed by atoms with E-state index < -0.39 is 14.1 Å². The highest BCUT2D eigenvalue weighted by Crippen LogP contribution is 2.24. The second-order valence-corrected chi connectivity index (χ2v) is 19.0. The van der Waals surface area contributed by atoms with E-state index >= 15 is 0 Å². The molecular formula is C11H21Cl3OSi2. The normalized spacial score (nSPS) is 12.1. The van der Waals surface area contributed by atoms with Crippen molar-refractivity contribution in [3.05, 3.63) is 0 Å². The second kappa shape index (κ2) is 8.84. The molecule has 0 atom stereocenters. The van der Waals surface area contributed by atoms with Crippen LogP contribution in [0, 0.1) is 11.5 Å². The molecule has 0 spiro atoms. The SMILES string of the molecule is C[Si](C)(C)C#CCCCCOCC[Si](Cl)(Cl)Cl. The van der Waals surface area contributed by atoms with Crippen LogP contribution in [-0.4, -0.2) is 27.3 Å². The summed E-state index contributed by atoms with van der Waals surface area (Å²) in [7, 11) is -1.19. The van der Waals surface area contributed by atoms with Crippen LogP contribution < -0.4 is 0 Å². The Labute approximate surface area is 121 Å². The van der Waals surface area contributed by atoms with E-state index in [2.05, 4.69) is 31.1 Å². The Balaban J connectivity index is 3.33. The molecule has 100 valence electrons. The molecule has 0 saturated carbocycles. The van der Waals surface area contributed by atoms with Crippen molar-refractivity contribution in [3.8, 4) is 11.5 Å². The van der Waals surface area contributed by atoms with Gasteiger partial charge in [0.2, 0.25) is 0 Å². The first kappa shape index (κ1) is 17.8. The fourth-order valence-electron chi connectivity index (χ4n) is 1.04. The summed E-state index contributed by atoms with van der Waals surface area (Å²) in [4.78, 5) is 0. The zero-order chi connectivity index (χ0) is 13.4. The van der Waals surface area contributed by atoms with Crippen LogP contribution in [0.1, 0.15) is 19.3 Å². The van der Waals surface area contributed by atoms with Crippen molar-refractivity contribution in [3.63, 3.8) is 0 Å². The highest BCUT2D eigenvalue weighted by molar-refractivity contribution is 7.64. The molecule has 1 nitrogen and oxygen atoms in total. The van der Waals surface area contributed by atoms with Gasteiger partial charge in [-0.1, -0.05) is 19.6 Å². The van der Waals surface area contributed by atoms with Crippen molar-refractivity contribution in [1.29, 1.82) is 0 Å². The van der Waals surface area contributed by atoms with E-state index in [1.807, 2.05) is 0 Å². The third kappa shape index (κ3) is 16.8. The third-order valence-corrected chi connectivity index (χ3v) is 5.23. The summed E-state index contributed by atoms with van der Waals surface area (Å²) in [5, 5.41) is 0. The first-order valence-electron chi connectivity index (χ1n) is 5.85. The lowest BCUT2D eigenvalue weighted by Crippen LogP contribution is -2.16. The Morgan fingerprint density at radius 2 is 1.65 bits per heavy atom. The first-order valence-corrected chi connectivity index (χ1v) is 14.6. The lowest BCUT2D eigenvalue weighted by atomic mass is 10.2. The van der Waals surface area contributed by atoms with Crippen molar-refractivity contribution >= 4 is 47.3 Å². The predicted octanol–water partition coefficient (Wildman–Crippen LogP) is 4.71. The van der Waals surface area contributed by atoms with E-state index in [4.69, 9.17) is 38.0 Å². The molecule has 0 aromatic heterocycles. The molecule has 0 N–H and O–H groups in total. The molecule has 0 aromatic rings. The molecule has 0 aromatic carbocycles. The molecule has 0 rings (SSSR count). The van der Waals surface area contributed by atoms with Crippen molar-refractivity contribution in [2.45, 2.75) is 44.9 Å². The zero-order valence-corrected chi connectivity index (χ0v) is 15.1. The van der Waals surface area contributed by atoms with Gasteiger partial charge in [0.15, 0.2) is 0 Å². The number of halogens is 3. The van der Waals surface area contributed by atoms with E-state index in [9.17, 15) is 0 Å². The average molecular weight is 332 g/mol. The molecule has 0 amide bonds. The van der Waals surface area contributed by atoms with Gasteiger partial charge in [0, 0.05) is 25.7 Å². The maximum absolute atomic E-state index is 5.73. The van der Waals surface area contributed by atoms with Crippen molar-refractivity contribution in [1.82, 2.24) is 0 Å². The number of unbranched alkanes of at least 4 members (excludes halogenated alkanes) is 2. The first-order chi connectivity index (χ1) is 7.71. The fraction of sp³-hybridized carbons (Fsp3) is 0.818. The summed E-state index contributed by atoms with van der Waals surface area (Å²) < 4.78 is 5.40. The second-order valence-electron chi connectivity index (χ2n) is 4.99. The molecule has 17 heavy (non-hydrogen) atoms. The molecule has 0 aliphatic rings. The van der Waals surface area contributed by atoms with Gasteiger partial charge in [-0.25, -0.2) is 0 Å². The summed E-state index contributed by atoms with van der Waals surface area (Å²) in [5.41, 5.74) is 3.35. The Kier molecular flexibility index (Phi) is 9.27. The van der Waals surface area contributed by atoms with Gasteiger partial charge in [-0.2, -0.15) is 0 Å². The van der Waals surface area contributed by atoms with Crippen molar-refractivity contribution in [2.24, 2.45) is 0 Å². The van der Waals surface area contributed by atoms with Crippen LogP contribution >= 0.6 is 33.2 Å². The maximum atomic E-state index is 5.73. The number of hydrogen-bond acceptors (Lipinski definition) is 1. The van der Waals surface area contributed by atoms with E-state index in [1.54, 1.807) is 0 Å². The van der Waals surface area contributed by atoms with Crippen LogP contribution in [0.15, 0.2) is 0 Å². The maximum Gasteiger partial charge on any atom is 0.343 e. The Hall–Kier alpha value is 0.824. The largest absolute Gasteiger partial charge is 0.382 e. The van der Waals surface area contributed by atoms with Gasteiger partial charge >= 0.3 is 6.00 Å². The van der Waals surface area contributed by atoms with Crippen LogP contribution in [0.5, 0.6) is 0 Å². The van der Waals surface area contributed by atoms with Gasteiger partial charge in [0.25, 0.3) is 0 Å². The predicted molar refractivity (Wildman–Crippen MR) is 83.9 cm³/mol. The molecule has 0 bridgehead atoms. The molecule has 0 saturated heterocycles.